The van der Waals surface area contributed by atoms with Crippen molar-refractivity contribution in [2.75, 3.05) is 14.1 Å². The number of carbonyl (C=O) groups excluding carboxylic acids is 1. The molecule has 1 amide bonds. The topological polar surface area (TPSA) is 45.5 Å². The lowest BCUT2D eigenvalue weighted by atomic mass is 10.0. The third kappa shape index (κ3) is 4.18. The second kappa shape index (κ2) is 6.59. The molecule has 0 bridgehead atoms. The fourth-order valence-corrected chi connectivity index (χ4v) is 1.86. The van der Waals surface area contributed by atoms with Crippen molar-refractivity contribution in [3.63, 3.8) is 0 Å². The maximum Gasteiger partial charge on any atom is 0.239 e. The fourth-order valence-electron chi connectivity index (χ4n) is 1.86. The highest BCUT2D eigenvalue weighted by molar-refractivity contribution is 5.81. The molecular weight excluding hydrogens is 228 g/mol. The van der Waals surface area contributed by atoms with E-state index in [9.17, 15) is 4.79 Å². The van der Waals surface area contributed by atoms with Crippen molar-refractivity contribution in [3.8, 4) is 0 Å². The Morgan fingerprint density at radius 3 is 2.56 bits per heavy atom. The zero-order valence-corrected chi connectivity index (χ0v) is 12.0. The van der Waals surface area contributed by atoms with Gasteiger partial charge in [-0.1, -0.05) is 13.8 Å². The van der Waals surface area contributed by atoms with E-state index in [4.69, 9.17) is 4.42 Å². The third-order valence-corrected chi connectivity index (χ3v) is 2.92. The second-order valence-corrected chi connectivity index (χ2v) is 5.32. The molecule has 0 aliphatic heterocycles. The highest BCUT2D eigenvalue weighted by Gasteiger charge is 2.21. The first-order chi connectivity index (χ1) is 8.41. The number of furan rings is 1. The van der Waals surface area contributed by atoms with E-state index in [1.54, 1.807) is 25.3 Å². The standard InChI is InChI=1S/C14H24N2O2/c1-10(2)8-12(14(17)16(4)5)15-9-13-11(3)6-7-18-13/h6-7,10,12,15H,8-9H2,1-5H3. The smallest absolute Gasteiger partial charge is 0.239 e. The summed E-state index contributed by atoms with van der Waals surface area (Å²) >= 11 is 0. The zero-order valence-electron chi connectivity index (χ0n) is 12.0. The minimum absolute atomic E-state index is 0.118. The number of rotatable bonds is 6. The van der Waals surface area contributed by atoms with Crippen molar-refractivity contribution in [1.29, 1.82) is 0 Å². The van der Waals surface area contributed by atoms with E-state index in [1.807, 2.05) is 13.0 Å². The van der Waals surface area contributed by atoms with E-state index in [0.717, 1.165) is 17.7 Å². The molecule has 0 saturated carbocycles. The Bertz CT molecular complexity index is 383. The van der Waals surface area contributed by atoms with Crippen LogP contribution in [-0.4, -0.2) is 30.9 Å². The Morgan fingerprint density at radius 2 is 2.11 bits per heavy atom. The van der Waals surface area contributed by atoms with Gasteiger partial charge in [0.1, 0.15) is 5.76 Å². The summed E-state index contributed by atoms with van der Waals surface area (Å²) in [5.74, 6) is 1.49. The molecule has 18 heavy (non-hydrogen) atoms. The largest absolute Gasteiger partial charge is 0.468 e. The molecule has 102 valence electrons. The van der Waals surface area contributed by atoms with Crippen LogP contribution in [0.15, 0.2) is 16.7 Å². The summed E-state index contributed by atoms with van der Waals surface area (Å²) in [4.78, 5) is 13.7. The fraction of sp³-hybridized carbons (Fsp3) is 0.643. The molecular formula is C14H24N2O2. The van der Waals surface area contributed by atoms with Gasteiger partial charge in [-0.15, -0.1) is 0 Å². The van der Waals surface area contributed by atoms with Crippen molar-refractivity contribution in [2.24, 2.45) is 5.92 Å². The van der Waals surface area contributed by atoms with E-state index in [-0.39, 0.29) is 11.9 Å². The lowest BCUT2D eigenvalue weighted by Gasteiger charge is -2.23. The second-order valence-electron chi connectivity index (χ2n) is 5.32. The van der Waals surface area contributed by atoms with Gasteiger partial charge in [-0.25, -0.2) is 0 Å². The van der Waals surface area contributed by atoms with Gasteiger partial charge in [-0.2, -0.15) is 0 Å². The molecule has 0 aliphatic carbocycles. The SMILES string of the molecule is Cc1ccoc1CNC(CC(C)C)C(=O)N(C)C. The molecule has 0 radical (unpaired) electrons. The zero-order chi connectivity index (χ0) is 13.7. The number of hydrogen-bond acceptors (Lipinski definition) is 3. The molecule has 0 aromatic carbocycles. The van der Waals surface area contributed by atoms with Crippen LogP contribution in [0.3, 0.4) is 0 Å². The molecule has 1 aromatic heterocycles. The van der Waals surface area contributed by atoms with Crippen molar-refractivity contribution in [3.05, 3.63) is 23.7 Å². The first-order valence-corrected chi connectivity index (χ1v) is 6.39. The quantitative estimate of drug-likeness (QED) is 0.844. The predicted octanol–water partition coefficient (Wildman–Crippen LogP) is 2.18. The monoisotopic (exact) mass is 252 g/mol. The summed E-state index contributed by atoms with van der Waals surface area (Å²) in [6.45, 7) is 6.84. The van der Waals surface area contributed by atoms with Gasteiger partial charge in [0.25, 0.3) is 0 Å². The summed E-state index contributed by atoms with van der Waals surface area (Å²) in [6.07, 6.45) is 2.51. The van der Waals surface area contributed by atoms with Gasteiger partial charge < -0.3 is 9.32 Å². The van der Waals surface area contributed by atoms with Crippen LogP contribution in [0.25, 0.3) is 0 Å². The Balaban J connectivity index is 2.61. The molecule has 1 rings (SSSR count). The molecule has 4 heteroatoms. The molecule has 0 aliphatic rings. The Morgan fingerprint density at radius 1 is 1.44 bits per heavy atom. The van der Waals surface area contributed by atoms with E-state index < -0.39 is 0 Å². The minimum atomic E-state index is -0.149. The maximum atomic E-state index is 12.1. The molecule has 1 heterocycles. The van der Waals surface area contributed by atoms with Crippen molar-refractivity contribution >= 4 is 5.91 Å². The minimum Gasteiger partial charge on any atom is -0.468 e. The van der Waals surface area contributed by atoms with Crippen LogP contribution in [0, 0.1) is 12.8 Å². The van der Waals surface area contributed by atoms with Crippen LogP contribution in [0.4, 0.5) is 0 Å². The van der Waals surface area contributed by atoms with Gasteiger partial charge in [0.05, 0.1) is 18.8 Å². The lowest BCUT2D eigenvalue weighted by molar-refractivity contribution is -0.131. The molecule has 0 saturated heterocycles. The molecule has 1 N–H and O–H groups in total. The summed E-state index contributed by atoms with van der Waals surface area (Å²) in [5.41, 5.74) is 1.11. The van der Waals surface area contributed by atoms with Crippen molar-refractivity contribution in [1.82, 2.24) is 10.2 Å². The average molecular weight is 252 g/mol. The van der Waals surface area contributed by atoms with Gasteiger partial charge >= 0.3 is 0 Å². The predicted molar refractivity (Wildman–Crippen MR) is 72.2 cm³/mol. The number of likely N-dealkylation sites (N-methyl/N-ethyl adjacent to an activating group) is 1. The van der Waals surface area contributed by atoms with E-state index in [2.05, 4.69) is 19.2 Å². The molecule has 1 aromatic rings. The Kier molecular flexibility index (Phi) is 5.41. The number of nitrogens with one attached hydrogen (secondary N) is 1. The number of amides is 1. The van der Waals surface area contributed by atoms with Gasteiger partial charge in [-0.05, 0) is 30.9 Å². The van der Waals surface area contributed by atoms with Crippen LogP contribution in [0.5, 0.6) is 0 Å². The summed E-state index contributed by atoms with van der Waals surface area (Å²) in [7, 11) is 3.57. The highest BCUT2D eigenvalue weighted by atomic mass is 16.3. The van der Waals surface area contributed by atoms with Gasteiger partial charge in [0.2, 0.25) is 5.91 Å². The van der Waals surface area contributed by atoms with Gasteiger partial charge in [0, 0.05) is 14.1 Å². The van der Waals surface area contributed by atoms with Crippen LogP contribution in [0.1, 0.15) is 31.6 Å². The maximum absolute atomic E-state index is 12.1. The van der Waals surface area contributed by atoms with Crippen molar-refractivity contribution in [2.45, 2.75) is 39.8 Å². The lowest BCUT2D eigenvalue weighted by Crippen LogP contribution is -2.44. The number of hydrogen-bond donors (Lipinski definition) is 1. The number of carbonyl (C=O) groups is 1. The molecule has 4 nitrogen and oxygen atoms in total. The van der Waals surface area contributed by atoms with Crippen LogP contribution in [-0.2, 0) is 11.3 Å². The van der Waals surface area contributed by atoms with Gasteiger partial charge in [-0.3, -0.25) is 10.1 Å². The normalized spacial score (nSPS) is 12.8. The molecule has 0 spiro atoms. The third-order valence-electron chi connectivity index (χ3n) is 2.92. The van der Waals surface area contributed by atoms with E-state index in [1.165, 1.54) is 0 Å². The Hall–Kier alpha value is -1.29. The van der Waals surface area contributed by atoms with Crippen molar-refractivity contribution < 1.29 is 9.21 Å². The van der Waals surface area contributed by atoms with Crippen LogP contribution >= 0.6 is 0 Å². The average Bonchev–Trinajstić information content (AvgIpc) is 2.68. The number of aryl methyl sites for hydroxylation is 1. The van der Waals surface area contributed by atoms with Crippen LogP contribution < -0.4 is 5.32 Å². The van der Waals surface area contributed by atoms with E-state index in [0.29, 0.717) is 12.5 Å². The van der Waals surface area contributed by atoms with Gasteiger partial charge in [0.15, 0.2) is 0 Å². The highest BCUT2D eigenvalue weighted by Crippen LogP contribution is 2.11. The first kappa shape index (κ1) is 14.8. The molecule has 1 atom stereocenters. The Labute approximate surface area is 109 Å². The summed E-state index contributed by atoms with van der Waals surface area (Å²) in [5, 5.41) is 3.29. The molecule has 0 fully saturated rings. The first-order valence-electron chi connectivity index (χ1n) is 6.39. The van der Waals surface area contributed by atoms with E-state index >= 15 is 0 Å². The number of nitrogens with zero attached hydrogens (tertiary/aromatic N) is 1. The summed E-state index contributed by atoms with van der Waals surface area (Å²) < 4.78 is 5.37. The summed E-state index contributed by atoms with van der Waals surface area (Å²) in [6, 6.07) is 1.78. The van der Waals surface area contributed by atoms with Crippen LogP contribution in [0.2, 0.25) is 0 Å². The molecule has 1 unspecified atom stereocenters.